The number of hydrogen-bond acceptors (Lipinski definition) is 2. The van der Waals surface area contributed by atoms with Gasteiger partial charge in [0.05, 0.1) is 0 Å². The van der Waals surface area contributed by atoms with Gasteiger partial charge in [-0.3, -0.25) is 0 Å². The quantitative estimate of drug-likeness (QED) is 0.849. The Labute approximate surface area is 138 Å². The van der Waals surface area contributed by atoms with Crippen molar-refractivity contribution in [3.63, 3.8) is 0 Å². The van der Waals surface area contributed by atoms with Crippen LogP contribution in [0.5, 0.6) is 0 Å². The second-order valence-corrected chi connectivity index (χ2v) is 8.15. The molecule has 0 amide bonds. The molecule has 1 aromatic rings. The first-order valence-corrected chi connectivity index (χ1v) is 8.82. The maximum absolute atomic E-state index is 3.59. The molecule has 1 saturated carbocycles. The summed E-state index contributed by atoms with van der Waals surface area (Å²) < 4.78 is 1.15. The molecule has 1 N–H and O–H groups in total. The summed E-state index contributed by atoms with van der Waals surface area (Å²) in [6.07, 6.45) is 4.05. The van der Waals surface area contributed by atoms with Crippen LogP contribution in [0.1, 0.15) is 38.7 Å². The molecule has 3 heteroatoms. The summed E-state index contributed by atoms with van der Waals surface area (Å²) >= 11 is 3.50. The highest BCUT2D eigenvalue weighted by atomic mass is 79.9. The summed E-state index contributed by atoms with van der Waals surface area (Å²) in [6, 6.07) is 9.30. The van der Waals surface area contributed by atoms with Crippen molar-refractivity contribution in [3.8, 4) is 0 Å². The molecule has 0 radical (unpaired) electrons. The molecule has 1 aliphatic carbocycles. The zero-order valence-electron chi connectivity index (χ0n) is 13.8. The van der Waals surface area contributed by atoms with Gasteiger partial charge < -0.3 is 10.2 Å². The first kappa shape index (κ1) is 17.0. The van der Waals surface area contributed by atoms with Crippen molar-refractivity contribution in [3.05, 3.63) is 34.3 Å². The molecule has 1 aromatic carbocycles. The molecule has 0 aliphatic heterocycles. The summed E-state index contributed by atoms with van der Waals surface area (Å²) in [6.45, 7) is 7.02. The van der Waals surface area contributed by atoms with E-state index < -0.39 is 0 Å². The van der Waals surface area contributed by atoms with Crippen molar-refractivity contribution < 1.29 is 0 Å². The molecule has 118 valence electrons. The second kappa shape index (κ2) is 7.26. The van der Waals surface area contributed by atoms with E-state index >= 15 is 0 Å². The summed E-state index contributed by atoms with van der Waals surface area (Å²) in [5, 5.41) is 3.59. The van der Waals surface area contributed by atoms with Gasteiger partial charge in [0.2, 0.25) is 0 Å². The van der Waals surface area contributed by atoms with Gasteiger partial charge in [-0.05, 0) is 56.0 Å². The number of nitrogens with one attached hydrogen (secondary N) is 1. The van der Waals surface area contributed by atoms with Crippen molar-refractivity contribution >= 4 is 15.9 Å². The predicted molar refractivity (Wildman–Crippen MR) is 94.4 cm³/mol. The highest BCUT2D eigenvalue weighted by Crippen LogP contribution is 2.39. The SMILES string of the molecule is CNC1C(CN(C)Cc2ccc(Br)cc2)CCCC1(C)C. The zero-order chi connectivity index (χ0) is 15.5. The van der Waals surface area contributed by atoms with Crippen LogP contribution in [0, 0.1) is 11.3 Å². The number of benzene rings is 1. The van der Waals surface area contributed by atoms with E-state index in [4.69, 9.17) is 0 Å². The standard InChI is InChI=1S/C18H29BrN2/c1-18(2)11-5-6-15(17(18)20-3)13-21(4)12-14-7-9-16(19)10-8-14/h7-10,15,17,20H,5-6,11-13H2,1-4H3. The highest BCUT2D eigenvalue weighted by Gasteiger charge is 2.38. The fraction of sp³-hybridized carbons (Fsp3) is 0.667. The number of hydrogen-bond donors (Lipinski definition) is 1. The third-order valence-corrected chi connectivity index (χ3v) is 5.46. The smallest absolute Gasteiger partial charge is 0.0230 e. The van der Waals surface area contributed by atoms with Gasteiger partial charge in [0, 0.05) is 23.6 Å². The first-order chi connectivity index (χ1) is 9.92. The number of halogens is 1. The molecule has 0 saturated heterocycles. The topological polar surface area (TPSA) is 15.3 Å². The van der Waals surface area contributed by atoms with Crippen molar-refractivity contribution in [2.75, 3.05) is 20.6 Å². The molecule has 21 heavy (non-hydrogen) atoms. The van der Waals surface area contributed by atoms with Crippen LogP contribution in [0.2, 0.25) is 0 Å². The molecule has 1 fully saturated rings. The fourth-order valence-electron chi connectivity index (χ4n) is 3.97. The first-order valence-electron chi connectivity index (χ1n) is 8.02. The van der Waals surface area contributed by atoms with Crippen LogP contribution in [-0.4, -0.2) is 31.6 Å². The minimum absolute atomic E-state index is 0.413. The fourth-order valence-corrected chi connectivity index (χ4v) is 4.23. The van der Waals surface area contributed by atoms with Gasteiger partial charge in [-0.2, -0.15) is 0 Å². The molecule has 2 unspecified atom stereocenters. The number of rotatable bonds is 5. The van der Waals surface area contributed by atoms with Crippen LogP contribution in [0.3, 0.4) is 0 Å². The van der Waals surface area contributed by atoms with Gasteiger partial charge in [0.25, 0.3) is 0 Å². The van der Waals surface area contributed by atoms with E-state index in [0.29, 0.717) is 11.5 Å². The Morgan fingerprint density at radius 2 is 1.95 bits per heavy atom. The van der Waals surface area contributed by atoms with Crippen LogP contribution < -0.4 is 5.32 Å². The van der Waals surface area contributed by atoms with Crippen LogP contribution in [0.25, 0.3) is 0 Å². The van der Waals surface area contributed by atoms with Gasteiger partial charge >= 0.3 is 0 Å². The van der Waals surface area contributed by atoms with Gasteiger partial charge in [-0.15, -0.1) is 0 Å². The molecule has 0 bridgehead atoms. The Bertz CT molecular complexity index is 441. The van der Waals surface area contributed by atoms with Crippen molar-refractivity contribution in [1.29, 1.82) is 0 Å². The Morgan fingerprint density at radius 3 is 2.57 bits per heavy atom. The van der Waals surface area contributed by atoms with E-state index in [0.717, 1.165) is 16.9 Å². The van der Waals surface area contributed by atoms with Gasteiger partial charge in [-0.1, -0.05) is 48.3 Å². The molecule has 0 spiro atoms. The molecule has 1 aliphatic rings. The van der Waals surface area contributed by atoms with Crippen LogP contribution in [0.15, 0.2) is 28.7 Å². The Balaban J connectivity index is 1.94. The zero-order valence-corrected chi connectivity index (χ0v) is 15.4. The highest BCUT2D eigenvalue weighted by molar-refractivity contribution is 9.10. The molecule has 2 rings (SSSR count). The van der Waals surface area contributed by atoms with E-state index in [-0.39, 0.29) is 0 Å². The number of nitrogens with zero attached hydrogens (tertiary/aromatic N) is 1. The lowest BCUT2D eigenvalue weighted by atomic mass is 9.68. The summed E-state index contributed by atoms with van der Waals surface area (Å²) in [5.41, 5.74) is 1.80. The second-order valence-electron chi connectivity index (χ2n) is 7.23. The monoisotopic (exact) mass is 352 g/mol. The Kier molecular flexibility index (Phi) is 5.87. The average Bonchev–Trinajstić information content (AvgIpc) is 2.40. The molecule has 0 aromatic heterocycles. The van der Waals surface area contributed by atoms with E-state index in [9.17, 15) is 0 Å². The molecule has 2 atom stereocenters. The normalized spacial score (nSPS) is 25.2. The lowest BCUT2D eigenvalue weighted by molar-refractivity contribution is 0.0888. The van der Waals surface area contributed by atoms with Gasteiger partial charge in [-0.25, -0.2) is 0 Å². The van der Waals surface area contributed by atoms with Crippen LogP contribution in [0.4, 0.5) is 0 Å². The van der Waals surface area contributed by atoms with Crippen molar-refractivity contribution in [2.45, 2.75) is 45.7 Å². The van der Waals surface area contributed by atoms with E-state index in [1.165, 1.54) is 31.4 Å². The summed E-state index contributed by atoms with van der Waals surface area (Å²) in [4.78, 5) is 2.47. The van der Waals surface area contributed by atoms with E-state index in [1.54, 1.807) is 0 Å². The molecule has 0 heterocycles. The summed E-state index contributed by atoms with van der Waals surface area (Å²) in [7, 11) is 4.37. The lowest BCUT2D eigenvalue weighted by Crippen LogP contribution is -2.51. The third-order valence-electron chi connectivity index (χ3n) is 4.93. The van der Waals surface area contributed by atoms with E-state index in [1.807, 2.05) is 0 Å². The van der Waals surface area contributed by atoms with E-state index in [2.05, 4.69) is 78.4 Å². The minimum atomic E-state index is 0.413. The van der Waals surface area contributed by atoms with Gasteiger partial charge in [0.1, 0.15) is 0 Å². The van der Waals surface area contributed by atoms with Crippen molar-refractivity contribution in [2.24, 2.45) is 11.3 Å². The molecular weight excluding hydrogens is 324 g/mol. The predicted octanol–water partition coefficient (Wildman–Crippen LogP) is 4.30. The maximum atomic E-state index is 3.59. The van der Waals surface area contributed by atoms with Gasteiger partial charge in [0.15, 0.2) is 0 Å². The minimum Gasteiger partial charge on any atom is -0.316 e. The van der Waals surface area contributed by atoms with Crippen molar-refractivity contribution in [1.82, 2.24) is 10.2 Å². The van der Waals surface area contributed by atoms with Crippen LogP contribution >= 0.6 is 15.9 Å². The Hall–Kier alpha value is -0.380. The maximum Gasteiger partial charge on any atom is 0.0230 e. The Morgan fingerprint density at radius 1 is 1.29 bits per heavy atom. The molecular formula is C18H29BrN2. The summed E-state index contributed by atoms with van der Waals surface area (Å²) in [5.74, 6) is 0.749. The average molecular weight is 353 g/mol. The van der Waals surface area contributed by atoms with Crippen LogP contribution in [-0.2, 0) is 6.54 Å². The largest absolute Gasteiger partial charge is 0.316 e. The lowest BCUT2D eigenvalue weighted by Gasteiger charge is -2.45. The molecule has 2 nitrogen and oxygen atoms in total. The third kappa shape index (κ3) is 4.54.